The number of rotatable bonds is 6. The van der Waals surface area contributed by atoms with Crippen molar-refractivity contribution in [2.45, 2.75) is 13.0 Å². The summed E-state index contributed by atoms with van der Waals surface area (Å²) in [7, 11) is -2.82. The van der Waals surface area contributed by atoms with Gasteiger partial charge in [-0.3, -0.25) is 4.98 Å². The SMILES string of the molecule is CS(=O)(=O)CCCNCc1cccnc1. The molecule has 0 spiro atoms. The summed E-state index contributed by atoms with van der Waals surface area (Å²) in [4.78, 5) is 3.99. The Morgan fingerprint density at radius 2 is 2.27 bits per heavy atom. The van der Waals surface area contributed by atoms with E-state index in [2.05, 4.69) is 10.3 Å². The van der Waals surface area contributed by atoms with Gasteiger partial charge in [-0.1, -0.05) is 6.07 Å². The van der Waals surface area contributed by atoms with Gasteiger partial charge in [0.1, 0.15) is 9.84 Å². The molecule has 0 aliphatic heterocycles. The van der Waals surface area contributed by atoms with E-state index in [4.69, 9.17) is 0 Å². The highest BCUT2D eigenvalue weighted by Gasteiger charge is 2.00. The number of nitrogens with one attached hydrogen (secondary N) is 1. The minimum Gasteiger partial charge on any atom is -0.313 e. The molecule has 0 aromatic carbocycles. The molecule has 1 aromatic rings. The highest BCUT2D eigenvalue weighted by molar-refractivity contribution is 7.90. The van der Waals surface area contributed by atoms with Gasteiger partial charge in [0.25, 0.3) is 0 Å². The van der Waals surface area contributed by atoms with Crippen LogP contribution in [0.15, 0.2) is 24.5 Å². The van der Waals surface area contributed by atoms with Crippen LogP contribution in [0.3, 0.4) is 0 Å². The van der Waals surface area contributed by atoms with Gasteiger partial charge < -0.3 is 5.32 Å². The van der Waals surface area contributed by atoms with Crippen molar-refractivity contribution in [3.63, 3.8) is 0 Å². The van der Waals surface area contributed by atoms with E-state index in [1.165, 1.54) is 6.26 Å². The molecule has 0 amide bonds. The maximum absolute atomic E-state index is 10.8. The summed E-state index contributed by atoms with van der Waals surface area (Å²) in [5.74, 6) is 0.243. The minimum atomic E-state index is -2.82. The highest BCUT2D eigenvalue weighted by atomic mass is 32.2. The lowest BCUT2D eigenvalue weighted by atomic mass is 10.3. The first-order chi connectivity index (χ1) is 7.08. The zero-order valence-corrected chi connectivity index (χ0v) is 9.63. The molecule has 0 atom stereocenters. The summed E-state index contributed by atoms with van der Waals surface area (Å²) in [6.07, 6.45) is 5.43. The molecule has 1 aromatic heterocycles. The maximum Gasteiger partial charge on any atom is 0.147 e. The molecule has 0 saturated heterocycles. The second kappa shape index (κ2) is 5.82. The van der Waals surface area contributed by atoms with Crippen molar-refractivity contribution < 1.29 is 8.42 Å². The predicted molar refractivity (Wildman–Crippen MR) is 60.3 cm³/mol. The molecule has 0 unspecified atom stereocenters. The first-order valence-electron chi connectivity index (χ1n) is 4.85. The van der Waals surface area contributed by atoms with E-state index in [9.17, 15) is 8.42 Å². The molecular formula is C10H16N2O2S. The van der Waals surface area contributed by atoms with E-state index in [-0.39, 0.29) is 5.75 Å². The number of pyridine rings is 1. The van der Waals surface area contributed by atoms with E-state index in [0.29, 0.717) is 13.0 Å². The van der Waals surface area contributed by atoms with Crippen LogP contribution in [-0.2, 0) is 16.4 Å². The molecule has 0 saturated carbocycles. The Morgan fingerprint density at radius 3 is 2.87 bits per heavy atom. The summed E-state index contributed by atoms with van der Waals surface area (Å²) in [6.45, 7) is 1.44. The third-order valence-corrected chi connectivity index (χ3v) is 2.95. The van der Waals surface area contributed by atoms with Crippen LogP contribution in [0.4, 0.5) is 0 Å². The third kappa shape index (κ3) is 6.19. The lowest BCUT2D eigenvalue weighted by molar-refractivity contribution is 0.594. The van der Waals surface area contributed by atoms with Crippen molar-refractivity contribution >= 4 is 9.84 Å². The Balaban J connectivity index is 2.13. The van der Waals surface area contributed by atoms with Crippen LogP contribution in [0.2, 0.25) is 0 Å². The van der Waals surface area contributed by atoms with Gasteiger partial charge in [-0.2, -0.15) is 0 Å². The molecule has 1 rings (SSSR count). The van der Waals surface area contributed by atoms with E-state index in [1.54, 1.807) is 12.4 Å². The minimum absolute atomic E-state index is 0.243. The van der Waals surface area contributed by atoms with E-state index < -0.39 is 9.84 Å². The largest absolute Gasteiger partial charge is 0.313 e. The van der Waals surface area contributed by atoms with E-state index in [0.717, 1.165) is 12.1 Å². The third-order valence-electron chi connectivity index (χ3n) is 1.92. The zero-order chi connectivity index (χ0) is 11.1. The zero-order valence-electron chi connectivity index (χ0n) is 8.81. The first-order valence-corrected chi connectivity index (χ1v) is 6.91. The van der Waals surface area contributed by atoms with Gasteiger partial charge in [0, 0.05) is 25.2 Å². The Kier molecular flexibility index (Phi) is 4.71. The van der Waals surface area contributed by atoms with Crippen LogP contribution in [0.25, 0.3) is 0 Å². The molecule has 0 bridgehead atoms. The van der Waals surface area contributed by atoms with Crippen LogP contribution in [0.1, 0.15) is 12.0 Å². The monoisotopic (exact) mass is 228 g/mol. The topological polar surface area (TPSA) is 59.1 Å². The number of hydrogen-bond acceptors (Lipinski definition) is 4. The second-order valence-corrected chi connectivity index (χ2v) is 5.78. The number of nitrogens with zero attached hydrogens (tertiary/aromatic N) is 1. The molecule has 0 fully saturated rings. The van der Waals surface area contributed by atoms with Crippen molar-refractivity contribution in [2.75, 3.05) is 18.6 Å². The fraction of sp³-hybridized carbons (Fsp3) is 0.500. The molecule has 0 aliphatic rings. The molecule has 0 radical (unpaired) electrons. The molecule has 0 aliphatic carbocycles. The van der Waals surface area contributed by atoms with Crippen molar-refractivity contribution in [3.05, 3.63) is 30.1 Å². The summed E-state index contributed by atoms with van der Waals surface area (Å²) >= 11 is 0. The normalized spacial score (nSPS) is 11.5. The summed E-state index contributed by atoms with van der Waals surface area (Å²) in [5.41, 5.74) is 1.11. The smallest absolute Gasteiger partial charge is 0.147 e. The Morgan fingerprint density at radius 1 is 1.47 bits per heavy atom. The van der Waals surface area contributed by atoms with Crippen molar-refractivity contribution in [1.29, 1.82) is 0 Å². The van der Waals surface area contributed by atoms with Crippen LogP contribution < -0.4 is 5.32 Å². The average Bonchev–Trinajstić information content (AvgIpc) is 2.17. The standard InChI is InChI=1S/C10H16N2O2S/c1-15(13,14)7-3-6-12-9-10-4-2-5-11-8-10/h2,4-5,8,12H,3,6-7,9H2,1H3. The maximum atomic E-state index is 10.8. The van der Waals surface area contributed by atoms with Gasteiger partial charge >= 0.3 is 0 Å². The van der Waals surface area contributed by atoms with Crippen LogP contribution >= 0.6 is 0 Å². The van der Waals surface area contributed by atoms with Gasteiger partial charge in [0.2, 0.25) is 0 Å². The predicted octanol–water partition coefficient (Wildman–Crippen LogP) is 0.606. The van der Waals surface area contributed by atoms with Crippen LogP contribution in [-0.4, -0.2) is 32.0 Å². The van der Waals surface area contributed by atoms with Gasteiger partial charge in [-0.25, -0.2) is 8.42 Å². The molecule has 84 valence electrons. The molecule has 15 heavy (non-hydrogen) atoms. The fourth-order valence-corrected chi connectivity index (χ4v) is 1.86. The Bertz CT molecular complexity index is 376. The van der Waals surface area contributed by atoms with Gasteiger partial charge in [0.05, 0.1) is 5.75 Å². The van der Waals surface area contributed by atoms with Crippen LogP contribution in [0.5, 0.6) is 0 Å². The van der Waals surface area contributed by atoms with E-state index in [1.807, 2.05) is 12.1 Å². The number of hydrogen-bond donors (Lipinski definition) is 1. The molecule has 4 nitrogen and oxygen atoms in total. The van der Waals surface area contributed by atoms with Crippen molar-refractivity contribution in [3.8, 4) is 0 Å². The second-order valence-electron chi connectivity index (χ2n) is 3.52. The average molecular weight is 228 g/mol. The Hall–Kier alpha value is -0.940. The molecular weight excluding hydrogens is 212 g/mol. The molecule has 1 heterocycles. The van der Waals surface area contributed by atoms with Crippen LogP contribution in [0, 0.1) is 0 Å². The first kappa shape index (κ1) is 12.1. The van der Waals surface area contributed by atoms with Crippen molar-refractivity contribution in [1.82, 2.24) is 10.3 Å². The fourth-order valence-electron chi connectivity index (χ4n) is 1.19. The van der Waals surface area contributed by atoms with Gasteiger partial charge in [-0.05, 0) is 24.6 Å². The lowest BCUT2D eigenvalue weighted by Crippen LogP contribution is -2.17. The highest BCUT2D eigenvalue weighted by Crippen LogP contribution is 1.94. The molecule has 1 N–H and O–H groups in total. The van der Waals surface area contributed by atoms with Gasteiger partial charge in [-0.15, -0.1) is 0 Å². The number of sulfone groups is 1. The summed E-state index contributed by atoms with van der Waals surface area (Å²) in [6, 6.07) is 3.87. The van der Waals surface area contributed by atoms with E-state index >= 15 is 0 Å². The lowest BCUT2D eigenvalue weighted by Gasteiger charge is -2.03. The molecule has 5 heteroatoms. The van der Waals surface area contributed by atoms with Crippen molar-refractivity contribution in [2.24, 2.45) is 0 Å². The quantitative estimate of drug-likeness (QED) is 0.725. The summed E-state index contributed by atoms with van der Waals surface area (Å²) < 4.78 is 21.7. The Labute approximate surface area is 90.7 Å². The number of aromatic nitrogens is 1. The summed E-state index contributed by atoms with van der Waals surface area (Å²) in [5, 5.41) is 3.17. The van der Waals surface area contributed by atoms with Gasteiger partial charge in [0.15, 0.2) is 0 Å².